The molecule has 4 nitrogen and oxygen atoms in total. The number of halogens is 2. The molecular weight excluding hydrogens is 285 g/mol. The molecule has 0 bridgehead atoms. The van der Waals surface area contributed by atoms with Gasteiger partial charge in [0, 0.05) is 10.6 Å². The quantitative estimate of drug-likeness (QED) is 0.920. The summed E-state index contributed by atoms with van der Waals surface area (Å²) >= 11 is 5.95. The Balaban J connectivity index is 0.00000133. The van der Waals surface area contributed by atoms with Crippen molar-refractivity contribution in [1.29, 1.82) is 0 Å². The Morgan fingerprint density at radius 1 is 1.32 bits per heavy atom. The van der Waals surface area contributed by atoms with Gasteiger partial charge in [-0.2, -0.15) is 4.98 Å². The van der Waals surface area contributed by atoms with Crippen LogP contribution < -0.4 is 5.32 Å². The van der Waals surface area contributed by atoms with Crippen LogP contribution in [0.3, 0.4) is 0 Å². The summed E-state index contributed by atoms with van der Waals surface area (Å²) in [4.78, 5) is 4.45. The van der Waals surface area contributed by atoms with E-state index in [0.29, 0.717) is 16.7 Å². The summed E-state index contributed by atoms with van der Waals surface area (Å²) in [6.45, 7) is 1.01. The van der Waals surface area contributed by atoms with Crippen molar-refractivity contribution in [3.05, 3.63) is 35.2 Å². The van der Waals surface area contributed by atoms with Crippen LogP contribution in [0.5, 0.6) is 0 Å². The molecule has 1 aliphatic rings. The Morgan fingerprint density at radius 2 is 2.21 bits per heavy atom. The van der Waals surface area contributed by atoms with E-state index in [9.17, 15) is 0 Å². The molecule has 3 rings (SSSR count). The molecule has 6 heteroatoms. The Morgan fingerprint density at radius 3 is 2.95 bits per heavy atom. The molecule has 0 unspecified atom stereocenters. The van der Waals surface area contributed by atoms with E-state index >= 15 is 0 Å². The highest BCUT2D eigenvalue weighted by Crippen LogP contribution is 2.25. The molecule has 1 aromatic heterocycles. The standard InChI is InChI=1S/C13H14ClN3O.ClH/c14-10-5-3-4-9(8-10)12-16-13(18-17-12)11-6-1-2-7-15-11;/h3-5,8,11,15H,1-2,6-7H2;1H/t11-;/m0./s1. The lowest BCUT2D eigenvalue weighted by atomic mass is 10.1. The fourth-order valence-electron chi connectivity index (χ4n) is 2.18. The minimum Gasteiger partial charge on any atom is -0.337 e. The molecule has 0 spiro atoms. The predicted octanol–water partition coefficient (Wildman–Crippen LogP) is 3.63. The first-order valence-corrected chi connectivity index (χ1v) is 6.53. The van der Waals surface area contributed by atoms with Crippen LogP contribution in [0.4, 0.5) is 0 Å². The number of hydrogen-bond acceptors (Lipinski definition) is 4. The minimum atomic E-state index is 0. The van der Waals surface area contributed by atoms with Gasteiger partial charge in [-0.1, -0.05) is 35.3 Å². The summed E-state index contributed by atoms with van der Waals surface area (Å²) < 4.78 is 5.33. The summed E-state index contributed by atoms with van der Waals surface area (Å²) in [7, 11) is 0. The molecule has 2 aromatic rings. The van der Waals surface area contributed by atoms with Gasteiger partial charge in [0.05, 0.1) is 6.04 Å². The molecule has 1 aromatic carbocycles. The fourth-order valence-corrected chi connectivity index (χ4v) is 2.37. The molecule has 0 saturated carbocycles. The molecule has 19 heavy (non-hydrogen) atoms. The maximum absolute atomic E-state index is 5.95. The summed E-state index contributed by atoms with van der Waals surface area (Å²) in [6.07, 6.45) is 3.47. The zero-order valence-corrected chi connectivity index (χ0v) is 11.9. The van der Waals surface area contributed by atoms with Crippen molar-refractivity contribution in [3.8, 4) is 11.4 Å². The second-order valence-corrected chi connectivity index (χ2v) is 4.91. The lowest BCUT2D eigenvalue weighted by Crippen LogP contribution is -2.26. The van der Waals surface area contributed by atoms with Crippen molar-refractivity contribution in [1.82, 2.24) is 15.5 Å². The molecule has 1 atom stereocenters. The third kappa shape index (κ3) is 3.26. The van der Waals surface area contributed by atoms with Crippen LogP contribution in [-0.2, 0) is 0 Å². The van der Waals surface area contributed by atoms with Gasteiger partial charge in [0.2, 0.25) is 11.7 Å². The molecule has 1 saturated heterocycles. The SMILES string of the molecule is Cl.Clc1cccc(-c2noc([C@@H]3CCCCN3)n2)c1. The first kappa shape index (κ1) is 14.3. The molecule has 102 valence electrons. The van der Waals surface area contributed by atoms with E-state index in [4.69, 9.17) is 16.1 Å². The topological polar surface area (TPSA) is 51.0 Å². The van der Waals surface area contributed by atoms with E-state index in [-0.39, 0.29) is 18.4 Å². The van der Waals surface area contributed by atoms with Crippen molar-refractivity contribution in [2.75, 3.05) is 6.54 Å². The van der Waals surface area contributed by atoms with Gasteiger partial charge in [-0.3, -0.25) is 0 Å². The Bertz CT molecular complexity index is 538. The Hall–Kier alpha value is -1.10. The third-order valence-electron chi connectivity index (χ3n) is 3.13. The van der Waals surface area contributed by atoms with Crippen molar-refractivity contribution in [2.45, 2.75) is 25.3 Å². The van der Waals surface area contributed by atoms with Crippen molar-refractivity contribution < 1.29 is 4.52 Å². The Kier molecular flexibility index (Phi) is 4.80. The molecule has 0 aliphatic carbocycles. The number of aromatic nitrogens is 2. The smallest absolute Gasteiger partial charge is 0.244 e. The van der Waals surface area contributed by atoms with Gasteiger partial charge in [0.1, 0.15) is 0 Å². The number of nitrogens with one attached hydrogen (secondary N) is 1. The largest absolute Gasteiger partial charge is 0.337 e. The van der Waals surface area contributed by atoms with Gasteiger partial charge in [-0.15, -0.1) is 12.4 Å². The first-order chi connectivity index (χ1) is 8.83. The Labute approximate surface area is 122 Å². The van der Waals surface area contributed by atoms with E-state index < -0.39 is 0 Å². The summed E-state index contributed by atoms with van der Waals surface area (Å²) in [5.41, 5.74) is 0.883. The van der Waals surface area contributed by atoms with Gasteiger partial charge in [-0.05, 0) is 31.5 Å². The number of piperidine rings is 1. The monoisotopic (exact) mass is 299 g/mol. The van der Waals surface area contributed by atoms with Gasteiger partial charge >= 0.3 is 0 Å². The highest BCUT2D eigenvalue weighted by atomic mass is 35.5. The minimum absolute atomic E-state index is 0. The lowest BCUT2D eigenvalue weighted by Gasteiger charge is -2.19. The van der Waals surface area contributed by atoms with Crippen LogP contribution in [0, 0.1) is 0 Å². The van der Waals surface area contributed by atoms with E-state index in [2.05, 4.69) is 15.5 Å². The molecule has 2 heterocycles. The van der Waals surface area contributed by atoms with E-state index in [1.165, 1.54) is 12.8 Å². The van der Waals surface area contributed by atoms with Gasteiger partial charge < -0.3 is 9.84 Å². The molecule has 0 amide bonds. The van der Waals surface area contributed by atoms with Crippen LogP contribution >= 0.6 is 24.0 Å². The predicted molar refractivity (Wildman–Crippen MR) is 76.6 cm³/mol. The average Bonchev–Trinajstić information content (AvgIpc) is 2.89. The summed E-state index contributed by atoms with van der Waals surface area (Å²) in [5.74, 6) is 1.27. The van der Waals surface area contributed by atoms with E-state index in [0.717, 1.165) is 18.5 Å². The van der Waals surface area contributed by atoms with Crippen LogP contribution in [0.1, 0.15) is 31.2 Å². The molecular formula is C13H15Cl2N3O. The first-order valence-electron chi connectivity index (χ1n) is 6.16. The van der Waals surface area contributed by atoms with Gasteiger partial charge in [0.25, 0.3) is 0 Å². The zero-order chi connectivity index (χ0) is 12.4. The summed E-state index contributed by atoms with van der Waals surface area (Å²) in [6, 6.07) is 7.67. The van der Waals surface area contributed by atoms with E-state index in [1.54, 1.807) is 0 Å². The normalized spacial score (nSPS) is 18.9. The van der Waals surface area contributed by atoms with Crippen LogP contribution in [-0.4, -0.2) is 16.7 Å². The number of hydrogen-bond donors (Lipinski definition) is 1. The highest BCUT2D eigenvalue weighted by molar-refractivity contribution is 6.30. The number of rotatable bonds is 2. The van der Waals surface area contributed by atoms with Crippen LogP contribution in [0.15, 0.2) is 28.8 Å². The van der Waals surface area contributed by atoms with E-state index in [1.807, 2.05) is 24.3 Å². The fraction of sp³-hybridized carbons (Fsp3) is 0.385. The molecule has 0 radical (unpaired) electrons. The molecule has 1 fully saturated rings. The molecule has 1 N–H and O–H groups in total. The van der Waals surface area contributed by atoms with Crippen molar-refractivity contribution in [2.24, 2.45) is 0 Å². The van der Waals surface area contributed by atoms with Crippen molar-refractivity contribution >= 4 is 24.0 Å². The third-order valence-corrected chi connectivity index (χ3v) is 3.37. The van der Waals surface area contributed by atoms with Gasteiger partial charge in [0.15, 0.2) is 0 Å². The summed E-state index contributed by atoms with van der Waals surface area (Å²) in [5, 5.41) is 8.08. The van der Waals surface area contributed by atoms with Crippen LogP contribution in [0.25, 0.3) is 11.4 Å². The maximum Gasteiger partial charge on any atom is 0.244 e. The second-order valence-electron chi connectivity index (χ2n) is 4.47. The highest BCUT2D eigenvalue weighted by Gasteiger charge is 2.21. The zero-order valence-electron chi connectivity index (χ0n) is 10.3. The second kappa shape index (κ2) is 6.37. The number of nitrogens with zero attached hydrogens (tertiary/aromatic N) is 2. The number of benzene rings is 1. The van der Waals surface area contributed by atoms with Gasteiger partial charge in [-0.25, -0.2) is 0 Å². The maximum atomic E-state index is 5.95. The average molecular weight is 300 g/mol. The van der Waals surface area contributed by atoms with Crippen LogP contribution in [0.2, 0.25) is 5.02 Å². The molecule has 1 aliphatic heterocycles. The lowest BCUT2D eigenvalue weighted by molar-refractivity contribution is 0.297. The van der Waals surface area contributed by atoms with Crippen molar-refractivity contribution in [3.63, 3.8) is 0 Å².